The van der Waals surface area contributed by atoms with Crippen molar-refractivity contribution in [2.24, 2.45) is 0 Å². The van der Waals surface area contributed by atoms with E-state index in [-0.39, 0.29) is 22.5 Å². The summed E-state index contributed by atoms with van der Waals surface area (Å²) in [6.45, 7) is 0. The van der Waals surface area contributed by atoms with Crippen LogP contribution >= 0.6 is 28.1 Å². The Hall–Kier alpha value is -2.52. The second-order valence-electron chi connectivity index (χ2n) is 4.53. The van der Waals surface area contributed by atoms with E-state index in [1.165, 1.54) is 25.3 Å². The van der Waals surface area contributed by atoms with Crippen LogP contribution < -0.4 is 15.4 Å². The molecule has 1 amide bonds. The molecule has 124 valence electrons. The fraction of sp³-hybridized carbons (Fsp3) is 0.0667. The molecule has 0 unspecified atom stereocenters. The number of carbonyl (C=O) groups is 1. The number of nitro groups is 1. The number of nitrogens with zero attached hydrogens (tertiary/aromatic N) is 1. The highest BCUT2D eigenvalue weighted by Crippen LogP contribution is 2.28. The van der Waals surface area contributed by atoms with E-state index in [0.29, 0.717) is 15.7 Å². The Balaban J connectivity index is 2.11. The second kappa shape index (κ2) is 7.84. The maximum atomic E-state index is 12.2. The predicted octanol–water partition coefficient (Wildman–Crippen LogP) is 3.49. The van der Waals surface area contributed by atoms with Crippen molar-refractivity contribution in [1.29, 1.82) is 0 Å². The standard InChI is InChI=1S/C15H12BrN3O4S/c1-23-13-8-9(19(21)22)6-7-12(13)17-15(24)18-14(20)10-4-2-3-5-11(10)16/h2-8H,1H3,(H2,17,18,20,24). The summed E-state index contributed by atoms with van der Waals surface area (Å²) in [5.74, 6) is -0.150. The van der Waals surface area contributed by atoms with Crippen LogP contribution in [-0.2, 0) is 0 Å². The van der Waals surface area contributed by atoms with Gasteiger partial charge in [-0.1, -0.05) is 12.1 Å². The SMILES string of the molecule is COc1cc([N+](=O)[O-])ccc1NC(=S)NC(=O)c1ccccc1Br. The van der Waals surface area contributed by atoms with Gasteiger partial charge < -0.3 is 10.1 Å². The van der Waals surface area contributed by atoms with Gasteiger partial charge in [-0.05, 0) is 46.3 Å². The van der Waals surface area contributed by atoms with Crippen molar-refractivity contribution in [2.75, 3.05) is 12.4 Å². The van der Waals surface area contributed by atoms with E-state index in [0.717, 1.165) is 0 Å². The molecule has 0 aliphatic rings. The Bertz CT molecular complexity index is 813. The third kappa shape index (κ3) is 4.27. The molecule has 0 fully saturated rings. The van der Waals surface area contributed by atoms with Crippen LogP contribution in [0.25, 0.3) is 0 Å². The fourth-order valence-corrected chi connectivity index (χ4v) is 2.53. The third-order valence-electron chi connectivity index (χ3n) is 2.99. The number of nitro benzene ring substituents is 1. The van der Waals surface area contributed by atoms with Crippen molar-refractivity contribution in [3.05, 3.63) is 62.6 Å². The number of amides is 1. The van der Waals surface area contributed by atoms with Gasteiger partial charge in [-0.15, -0.1) is 0 Å². The molecule has 7 nitrogen and oxygen atoms in total. The molecule has 0 aliphatic carbocycles. The number of hydrogen-bond acceptors (Lipinski definition) is 5. The third-order valence-corrected chi connectivity index (χ3v) is 3.89. The molecule has 2 aromatic rings. The molecule has 0 aromatic heterocycles. The zero-order valence-corrected chi connectivity index (χ0v) is 14.8. The van der Waals surface area contributed by atoms with Gasteiger partial charge in [-0.25, -0.2) is 0 Å². The van der Waals surface area contributed by atoms with Crippen molar-refractivity contribution < 1.29 is 14.5 Å². The minimum Gasteiger partial charge on any atom is -0.494 e. The van der Waals surface area contributed by atoms with Crippen LogP contribution in [0, 0.1) is 10.1 Å². The van der Waals surface area contributed by atoms with Crippen molar-refractivity contribution in [1.82, 2.24) is 5.32 Å². The number of rotatable bonds is 4. The number of halogens is 1. The van der Waals surface area contributed by atoms with Crippen molar-refractivity contribution in [3.8, 4) is 5.75 Å². The number of methoxy groups -OCH3 is 1. The summed E-state index contributed by atoms with van der Waals surface area (Å²) in [4.78, 5) is 22.4. The predicted molar refractivity (Wildman–Crippen MR) is 97.5 cm³/mol. The first-order valence-electron chi connectivity index (χ1n) is 6.61. The van der Waals surface area contributed by atoms with Gasteiger partial charge in [0, 0.05) is 10.5 Å². The van der Waals surface area contributed by atoms with Crippen molar-refractivity contribution in [2.45, 2.75) is 0 Å². The molecule has 0 aliphatic heterocycles. The molecule has 2 N–H and O–H groups in total. The summed E-state index contributed by atoms with van der Waals surface area (Å²) in [7, 11) is 1.38. The van der Waals surface area contributed by atoms with Gasteiger partial charge in [-0.2, -0.15) is 0 Å². The summed E-state index contributed by atoms with van der Waals surface area (Å²) in [5, 5.41) is 16.1. The van der Waals surface area contributed by atoms with Gasteiger partial charge in [0.2, 0.25) is 0 Å². The Kier molecular flexibility index (Phi) is 5.83. The molecule has 0 atom stereocenters. The van der Waals surface area contributed by atoms with E-state index < -0.39 is 4.92 Å². The molecule has 0 heterocycles. The van der Waals surface area contributed by atoms with Crippen LogP contribution in [0.1, 0.15) is 10.4 Å². The van der Waals surface area contributed by atoms with Crippen LogP contribution in [0.4, 0.5) is 11.4 Å². The number of carbonyl (C=O) groups excluding carboxylic acids is 1. The monoisotopic (exact) mass is 409 g/mol. The largest absolute Gasteiger partial charge is 0.494 e. The number of non-ortho nitro benzene ring substituents is 1. The number of nitrogens with one attached hydrogen (secondary N) is 2. The molecular formula is C15H12BrN3O4S. The van der Waals surface area contributed by atoms with Crippen molar-refractivity contribution >= 4 is 50.5 Å². The first-order valence-corrected chi connectivity index (χ1v) is 7.81. The van der Waals surface area contributed by atoms with E-state index in [9.17, 15) is 14.9 Å². The van der Waals surface area contributed by atoms with Gasteiger partial charge in [-0.3, -0.25) is 20.2 Å². The average molecular weight is 410 g/mol. The fourth-order valence-electron chi connectivity index (χ4n) is 1.87. The van der Waals surface area contributed by atoms with Gasteiger partial charge in [0.1, 0.15) is 5.75 Å². The number of thiocarbonyl (C=S) groups is 1. The first-order chi connectivity index (χ1) is 11.4. The van der Waals surface area contributed by atoms with Gasteiger partial charge in [0.05, 0.1) is 29.4 Å². The normalized spacial score (nSPS) is 9.92. The van der Waals surface area contributed by atoms with Crippen LogP contribution in [0.2, 0.25) is 0 Å². The maximum absolute atomic E-state index is 12.2. The van der Waals surface area contributed by atoms with Gasteiger partial charge in [0.25, 0.3) is 11.6 Å². The molecular weight excluding hydrogens is 398 g/mol. The minimum atomic E-state index is -0.528. The Labute approximate surface area is 151 Å². The molecule has 0 bridgehead atoms. The van der Waals surface area contributed by atoms with Crippen molar-refractivity contribution in [3.63, 3.8) is 0 Å². The first kappa shape index (κ1) is 17.8. The topological polar surface area (TPSA) is 93.5 Å². The zero-order chi connectivity index (χ0) is 17.7. The molecule has 0 spiro atoms. The van der Waals surface area contributed by atoms with Crippen LogP contribution in [0.15, 0.2) is 46.9 Å². The summed E-state index contributed by atoms with van der Waals surface area (Å²) in [6, 6.07) is 10.9. The van der Waals surface area contributed by atoms with Gasteiger partial charge in [0.15, 0.2) is 5.11 Å². The lowest BCUT2D eigenvalue weighted by Gasteiger charge is -2.13. The maximum Gasteiger partial charge on any atom is 0.273 e. The lowest BCUT2D eigenvalue weighted by Crippen LogP contribution is -2.34. The summed E-state index contributed by atoms with van der Waals surface area (Å²) in [5.41, 5.74) is 0.721. The molecule has 9 heteroatoms. The van der Waals surface area contributed by atoms with E-state index in [1.54, 1.807) is 24.3 Å². The van der Waals surface area contributed by atoms with Crippen LogP contribution in [-0.4, -0.2) is 23.1 Å². The molecule has 0 radical (unpaired) electrons. The van der Waals surface area contributed by atoms with Crippen LogP contribution in [0.5, 0.6) is 5.75 Å². The molecule has 0 saturated carbocycles. The quantitative estimate of drug-likeness (QED) is 0.455. The van der Waals surface area contributed by atoms with E-state index in [2.05, 4.69) is 26.6 Å². The highest BCUT2D eigenvalue weighted by molar-refractivity contribution is 9.10. The van der Waals surface area contributed by atoms with E-state index in [1.807, 2.05) is 0 Å². The van der Waals surface area contributed by atoms with Crippen LogP contribution in [0.3, 0.4) is 0 Å². The number of benzene rings is 2. The highest BCUT2D eigenvalue weighted by Gasteiger charge is 2.14. The summed E-state index contributed by atoms with van der Waals surface area (Å²) in [6.07, 6.45) is 0. The van der Waals surface area contributed by atoms with E-state index in [4.69, 9.17) is 17.0 Å². The molecule has 2 aromatic carbocycles. The number of ether oxygens (including phenoxy) is 1. The van der Waals surface area contributed by atoms with E-state index >= 15 is 0 Å². The Morgan fingerprint density at radius 3 is 2.62 bits per heavy atom. The zero-order valence-electron chi connectivity index (χ0n) is 12.4. The molecule has 2 rings (SSSR count). The number of anilines is 1. The Morgan fingerprint density at radius 1 is 1.29 bits per heavy atom. The Morgan fingerprint density at radius 2 is 2.00 bits per heavy atom. The summed E-state index contributed by atoms with van der Waals surface area (Å²) < 4.78 is 5.74. The smallest absolute Gasteiger partial charge is 0.273 e. The minimum absolute atomic E-state index is 0.0444. The lowest BCUT2D eigenvalue weighted by molar-refractivity contribution is -0.384. The molecule has 24 heavy (non-hydrogen) atoms. The molecule has 0 saturated heterocycles. The average Bonchev–Trinajstić information content (AvgIpc) is 2.55. The highest BCUT2D eigenvalue weighted by atomic mass is 79.9. The second-order valence-corrected chi connectivity index (χ2v) is 5.79. The lowest BCUT2D eigenvalue weighted by atomic mass is 10.2. The number of hydrogen-bond donors (Lipinski definition) is 2. The van der Waals surface area contributed by atoms with Gasteiger partial charge >= 0.3 is 0 Å². The summed E-state index contributed by atoms with van der Waals surface area (Å²) >= 11 is 8.39.